The van der Waals surface area contributed by atoms with Crippen molar-refractivity contribution >= 4 is 15.8 Å². The lowest BCUT2D eigenvalue weighted by atomic mass is 9.95. The van der Waals surface area contributed by atoms with Gasteiger partial charge in [-0.05, 0) is 32.8 Å². The molecule has 1 unspecified atom stereocenters. The minimum Gasteiger partial charge on any atom is -0.481 e. The molecule has 1 N–H and O–H groups in total. The normalized spacial score (nSPS) is 13.5. The van der Waals surface area contributed by atoms with Crippen molar-refractivity contribution in [2.24, 2.45) is 0 Å². The van der Waals surface area contributed by atoms with E-state index >= 15 is 0 Å². The van der Waals surface area contributed by atoms with Gasteiger partial charge in [0.25, 0.3) is 0 Å². The van der Waals surface area contributed by atoms with Crippen LogP contribution in [0.5, 0.6) is 0 Å². The first-order chi connectivity index (χ1) is 8.74. The summed E-state index contributed by atoms with van der Waals surface area (Å²) in [5, 5.41) is 8.79. The highest BCUT2D eigenvalue weighted by molar-refractivity contribution is 7.91. The van der Waals surface area contributed by atoms with Gasteiger partial charge in [-0.3, -0.25) is 4.79 Å². The molecule has 1 atom stereocenters. The second-order valence-corrected chi connectivity index (χ2v) is 7.69. The van der Waals surface area contributed by atoms with Crippen LogP contribution in [-0.4, -0.2) is 30.5 Å². The van der Waals surface area contributed by atoms with Gasteiger partial charge in [-0.15, -0.1) is 0 Å². The van der Waals surface area contributed by atoms with Crippen LogP contribution < -0.4 is 0 Å². The number of aliphatic carboxylic acids is 1. The predicted octanol–water partition coefficient (Wildman–Crippen LogP) is 2.38. The summed E-state index contributed by atoms with van der Waals surface area (Å²) >= 11 is 0. The van der Waals surface area contributed by atoms with Crippen molar-refractivity contribution in [1.29, 1.82) is 0 Å². The molecule has 0 fully saturated rings. The van der Waals surface area contributed by atoms with Crippen molar-refractivity contribution in [1.82, 2.24) is 0 Å². The van der Waals surface area contributed by atoms with Gasteiger partial charge in [-0.25, -0.2) is 8.42 Å². The summed E-state index contributed by atoms with van der Waals surface area (Å²) in [4.78, 5) is 11.3. The second-order valence-electron chi connectivity index (χ2n) is 5.01. The van der Waals surface area contributed by atoms with Crippen molar-refractivity contribution < 1.29 is 18.3 Å². The number of sulfone groups is 1. The highest BCUT2D eigenvalue weighted by Gasteiger charge is 2.24. The fourth-order valence-corrected chi connectivity index (χ4v) is 2.87. The molecule has 0 aliphatic heterocycles. The van der Waals surface area contributed by atoms with Gasteiger partial charge in [0.15, 0.2) is 9.84 Å². The number of carbonyl (C=O) groups is 1. The number of carboxylic acids is 1. The van der Waals surface area contributed by atoms with Crippen molar-refractivity contribution in [3.05, 3.63) is 35.4 Å². The van der Waals surface area contributed by atoms with E-state index in [9.17, 15) is 18.3 Å². The number of aryl methyl sites for hydroxylation is 1. The number of hydrogen-bond acceptors (Lipinski definition) is 3. The maximum Gasteiger partial charge on any atom is 0.311 e. The molecule has 5 heteroatoms. The SMILES string of the molecule is Cc1cccc(C(CCS(=O)(=O)C(C)C)C(=O)O)c1. The molecular formula is C14H20O4S. The first-order valence-corrected chi connectivity index (χ1v) is 7.96. The monoisotopic (exact) mass is 284 g/mol. The summed E-state index contributed by atoms with van der Waals surface area (Å²) < 4.78 is 23.5. The highest BCUT2D eigenvalue weighted by atomic mass is 32.2. The minimum atomic E-state index is -3.21. The summed E-state index contributed by atoms with van der Waals surface area (Å²) in [5.41, 5.74) is 1.63. The zero-order valence-corrected chi connectivity index (χ0v) is 12.3. The molecule has 19 heavy (non-hydrogen) atoms. The Morgan fingerprint density at radius 2 is 1.95 bits per heavy atom. The second kappa shape index (κ2) is 6.19. The van der Waals surface area contributed by atoms with E-state index < -0.39 is 27.0 Å². The van der Waals surface area contributed by atoms with E-state index in [0.29, 0.717) is 5.56 Å². The van der Waals surface area contributed by atoms with Crippen LogP contribution in [0.15, 0.2) is 24.3 Å². The van der Waals surface area contributed by atoms with Gasteiger partial charge in [0.05, 0.1) is 16.9 Å². The van der Waals surface area contributed by atoms with Gasteiger partial charge in [-0.2, -0.15) is 0 Å². The third-order valence-corrected chi connectivity index (χ3v) is 5.39. The summed E-state index contributed by atoms with van der Waals surface area (Å²) in [6.07, 6.45) is 0.110. The van der Waals surface area contributed by atoms with Crippen LogP contribution in [0, 0.1) is 6.92 Å². The topological polar surface area (TPSA) is 71.4 Å². The van der Waals surface area contributed by atoms with Crippen LogP contribution in [-0.2, 0) is 14.6 Å². The maximum atomic E-state index is 11.8. The average Bonchev–Trinajstić information content (AvgIpc) is 2.28. The predicted molar refractivity (Wildman–Crippen MR) is 75.1 cm³/mol. The molecule has 0 saturated heterocycles. The van der Waals surface area contributed by atoms with Gasteiger partial charge >= 0.3 is 5.97 Å². The average molecular weight is 284 g/mol. The van der Waals surface area contributed by atoms with Crippen LogP contribution >= 0.6 is 0 Å². The Bertz CT molecular complexity index is 546. The third kappa shape index (κ3) is 4.35. The Kier molecular flexibility index (Phi) is 5.11. The van der Waals surface area contributed by atoms with Crippen LogP contribution in [0.4, 0.5) is 0 Å². The molecule has 0 aliphatic rings. The molecule has 0 saturated carbocycles. The van der Waals surface area contributed by atoms with Crippen molar-refractivity contribution in [2.45, 2.75) is 38.4 Å². The molecule has 0 aromatic heterocycles. The summed E-state index contributed by atoms with van der Waals surface area (Å²) in [7, 11) is -3.21. The Hall–Kier alpha value is -1.36. The molecule has 1 aromatic carbocycles. The molecular weight excluding hydrogens is 264 g/mol. The van der Waals surface area contributed by atoms with Gasteiger partial charge < -0.3 is 5.11 Å². The van der Waals surface area contributed by atoms with E-state index in [4.69, 9.17) is 0 Å². The first-order valence-electron chi connectivity index (χ1n) is 6.25. The Morgan fingerprint density at radius 3 is 2.42 bits per heavy atom. The molecule has 1 rings (SSSR count). The van der Waals surface area contributed by atoms with Crippen LogP contribution in [0.2, 0.25) is 0 Å². The lowest BCUT2D eigenvalue weighted by molar-refractivity contribution is -0.138. The van der Waals surface area contributed by atoms with Crippen molar-refractivity contribution in [3.8, 4) is 0 Å². The molecule has 0 amide bonds. The molecule has 0 spiro atoms. The van der Waals surface area contributed by atoms with Gasteiger partial charge in [-0.1, -0.05) is 29.8 Å². The van der Waals surface area contributed by atoms with E-state index in [1.54, 1.807) is 32.0 Å². The van der Waals surface area contributed by atoms with E-state index in [0.717, 1.165) is 5.56 Å². The highest BCUT2D eigenvalue weighted by Crippen LogP contribution is 2.22. The summed E-state index contributed by atoms with van der Waals surface area (Å²) in [6, 6.07) is 7.19. The van der Waals surface area contributed by atoms with Gasteiger partial charge in [0, 0.05) is 0 Å². The molecule has 106 valence electrons. The molecule has 0 radical (unpaired) electrons. The Labute approximate surface area is 114 Å². The van der Waals surface area contributed by atoms with E-state index in [1.165, 1.54) is 0 Å². The third-order valence-electron chi connectivity index (χ3n) is 3.15. The summed E-state index contributed by atoms with van der Waals surface area (Å²) in [5.74, 6) is -1.85. The number of benzene rings is 1. The maximum absolute atomic E-state index is 11.8. The largest absolute Gasteiger partial charge is 0.481 e. The number of carboxylic acid groups (broad SMARTS) is 1. The molecule has 1 aromatic rings. The van der Waals surface area contributed by atoms with Gasteiger partial charge in [0.1, 0.15) is 0 Å². The van der Waals surface area contributed by atoms with Crippen LogP contribution in [0.3, 0.4) is 0 Å². The lowest BCUT2D eigenvalue weighted by Gasteiger charge is -2.14. The molecule has 4 nitrogen and oxygen atoms in total. The first kappa shape index (κ1) is 15.7. The minimum absolute atomic E-state index is 0.102. The molecule has 0 bridgehead atoms. The van der Waals surface area contributed by atoms with E-state index in [-0.39, 0.29) is 12.2 Å². The summed E-state index contributed by atoms with van der Waals surface area (Å²) in [6.45, 7) is 5.10. The van der Waals surface area contributed by atoms with E-state index in [2.05, 4.69) is 0 Å². The Morgan fingerprint density at radius 1 is 1.32 bits per heavy atom. The molecule has 0 heterocycles. The van der Waals surface area contributed by atoms with Crippen molar-refractivity contribution in [2.75, 3.05) is 5.75 Å². The molecule has 0 aliphatic carbocycles. The zero-order chi connectivity index (χ0) is 14.6. The fourth-order valence-electron chi connectivity index (χ4n) is 1.84. The standard InChI is InChI=1S/C14H20O4S/c1-10(2)19(17,18)8-7-13(14(15)16)12-6-4-5-11(3)9-12/h4-6,9-10,13H,7-8H2,1-3H3,(H,15,16). The van der Waals surface area contributed by atoms with E-state index in [1.807, 2.05) is 13.0 Å². The van der Waals surface area contributed by atoms with Gasteiger partial charge in [0.2, 0.25) is 0 Å². The van der Waals surface area contributed by atoms with Crippen LogP contribution in [0.1, 0.15) is 37.3 Å². The fraction of sp³-hybridized carbons (Fsp3) is 0.500. The van der Waals surface area contributed by atoms with Crippen LogP contribution in [0.25, 0.3) is 0 Å². The quantitative estimate of drug-likeness (QED) is 0.870. The van der Waals surface area contributed by atoms with Crippen molar-refractivity contribution in [3.63, 3.8) is 0 Å². The zero-order valence-electron chi connectivity index (χ0n) is 11.5. The number of hydrogen-bond donors (Lipinski definition) is 1. The Balaban J connectivity index is 2.90. The number of rotatable bonds is 6. The lowest BCUT2D eigenvalue weighted by Crippen LogP contribution is -2.22. The smallest absolute Gasteiger partial charge is 0.311 e.